The molecule has 0 aliphatic rings. The van der Waals surface area contributed by atoms with Crippen molar-refractivity contribution >= 4 is 5.69 Å². The van der Waals surface area contributed by atoms with Crippen molar-refractivity contribution in [3.05, 3.63) is 51.9 Å². The third kappa shape index (κ3) is 5.20. The smallest absolute Gasteiger partial charge is 0.423 e. The number of ether oxygens (including phenoxy) is 2. The summed E-state index contributed by atoms with van der Waals surface area (Å²) in [6, 6.07) is 5.73. The predicted molar refractivity (Wildman–Crippen MR) is 92.0 cm³/mol. The standard InChI is InChI=1S/C17H20F3N3O4/c1-26-10-12(9-24)22-14-7-21-23(16(25)15(14)17(18,19)20)8-11-3-5-13(27-2)6-4-11/h3-7,12,22,24H,8-10H2,1-2H3/t12-/m1/s1. The summed E-state index contributed by atoms with van der Waals surface area (Å²) in [6.45, 7) is -0.642. The molecule has 2 rings (SSSR count). The Balaban J connectivity index is 2.39. The normalized spacial score (nSPS) is 12.7. The molecule has 0 unspecified atom stereocenters. The van der Waals surface area contributed by atoms with Gasteiger partial charge >= 0.3 is 6.18 Å². The van der Waals surface area contributed by atoms with Crippen LogP contribution in [-0.2, 0) is 17.5 Å². The van der Waals surface area contributed by atoms with Crippen LogP contribution in [0.1, 0.15) is 11.1 Å². The van der Waals surface area contributed by atoms with Gasteiger partial charge < -0.3 is 19.9 Å². The average molecular weight is 387 g/mol. The Morgan fingerprint density at radius 1 is 1.26 bits per heavy atom. The number of rotatable bonds is 8. The Labute approximate surface area is 153 Å². The first kappa shape index (κ1) is 20.7. The number of hydrogen-bond donors (Lipinski definition) is 2. The van der Waals surface area contributed by atoms with Crippen LogP contribution in [0.3, 0.4) is 0 Å². The summed E-state index contributed by atoms with van der Waals surface area (Å²) in [6.07, 6.45) is -3.97. The summed E-state index contributed by atoms with van der Waals surface area (Å²) in [5, 5.41) is 15.5. The first-order valence-electron chi connectivity index (χ1n) is 7.96. The maximum absolute atomic E-state index is 13.5. The lowest BCUT2D eigenvalue weighted by atomic mass is 10.2. The highest BCUT2D eigenvalue weighted by molar-refractivity contribution is 5.50. The van der Waals surface area contributed by atoms with Gasteiger partial charge in [0.25, 0.3) is 5.56 Å². The van der Waals surface area contributed by atoms with Crippen molar-refractivity contribution in [1.82, 2.24) is 9.78 Å². The highest BCUT2D eigenvalue weighted by Crippen LogP contribution is 2.32. The van der Waals surface area contributed by atoms with Gasteiger partial charge in [0.1, 0.15) is 11.3 Å². The van der Waals surface area contributed by atoms with Crippen LogP contribution in [0, 0.1) is 0 Å². The third-order valence-electron chi connectivity index (χ3n) is 3.77. The summed E-state index contributed by atoms with van der Waals surface area (Å²) >= 11 is 0. The maximum Gasteiger partial charge on any atom is 0.423 e. The first-order chi connectivity index (χ1) is 12.8. The molecule has 0 amide bonds. The van der Waals surface area contributed by atoms with Gasteiger partial charge in [0.05, 0.1) is 44.8 Å². The van der Waals surface area contributed by atoms with E-state index in [9.17, 15) is 23.1 Å². The Morgan fingerprint density at radius 2 is 1.93 bits per heavy atom. The Hall–Kier alpha value is -2.59. The second-order valence-corrected chi connectivity index (χ2v) is 5.72. The van der Waals surface area contributed by atoms with Gasteiger partial charge in [0.15, 0.2) is 0 Å². The van der Waals surface area contributed by atoms with E-state index >= 15 is 0 Å². The number of hydrogen-bond acceptors (Lipinski definition) is 6. The zero-order chi connectivity index (χ0) is 20.0. The van der Waals surface area contributed by atoms with Crippen LogP contribution < -0.4 is 15.6 Å². The van der Waals surface area contributed by atoms with Crippen molar-refractivity contribution in [2.24, 2.45) is 0 Å². The molecular formula is C17H20F3N3O4. The highest BCUT2D eigenvalue weighted by Gasteiger charge is 2.38. The van der Waals surface area contributed by atoms with Gasteiger partial charge in [-0.25, -0.2) is 4.68 Å². The molecule has 0 saturated carbocycles. The molecule has 0 aliphatic carbocycles. The van der Waals surface area contributed by atoms with Gasteiger partial charge in [-0.2, -0.15) is 18.3 Å². The number of aliphatic hydroxyl groups excluding tert-OH is 1. The SMILES string of the molecule is COC[C@@H](CO)Nc1cnn(Cc2ccc(OC)cc2)c(=O)c1C(F)(F)F. The van der Waals surface area contributed by atoms with Gasteiger partial charge in [-0.1, -0.05) is 12.1 Å². The number of methoxy groups -OCH3 is 2. The quantitative estimate of drug-likeness (QED) is 0.718. The summed E-state index contributed by atoms with van der Waals surface area (Å²) in [4.78, 5) is 12.4. The van der Waals surface area contributed by atoms with Crippen LogP contribution in [-0.4, -0.2) is 48.4 Å². The van der Waals surface area contributed by atoms with Crippen molar-refractivity contribution < 1.29 is 27.8 Å². The molecule has 2 N–H and O–H groups in total. The molecule has 1 heterocycles. The molecule has 0 radical (unpaired) electrons. The number of nitrogens with zero attached hydrogens (tertiary/aromatic N) is 2. The molecule has 10 heteroatoms. The minimum Gasteiger partial charge on any atom is -0.497 e. The van der Waals surface area contributed by atoms with Gasteiger partial charge in [-0.3, -0.25) is 4.79 Å². The first-order valence-corrected chi connectivity index (χ1v) is 7.96. The van der Waals surface area contributed by atoms with Crippen LogP contribution in [0.5, 0.6) is 5.75 Å². The summed E-state index contributed by atoms with van der Waals surface area (Å²) in [5.41, 5.74) is -2.57. The molecule has 0 fully saturated rings. The largest absolute Gasteiger partial charge is 0.497 e. The van der Waals surface area contributed by atoms with E-state index in [-0.39, 0.29) is 13.2 Å². The zero-order valence-electron chi connectivity index (χ0n) is 14.8. The molecule has 0 spiro atoms. The fourth-order valence-corrected chi connectivity index (χ4v) is 2.45. The number of benzene rings is 1. The number of alkyl halides is 3. The van der Waals surface area contributed by atoms with E-state index < -0.39 is 35.6 Å². The number of anilines is 1. The van der Waals surface area contributed by atoms with E-state index in [4.69, 9.17) is 9.47 Å². The van der Waals surface area contributed by atoms with Crippen LogP contribution >= 0.6 is 0 Å². The molecule has 0 saturated heterocycles. The molecule has 0 bridgehead atoms. The highest BCUT2D eigenvalue weighted by atomic mass is 19.4. The zero-order valence-corrected chi connectivity index (χ0v) is 14.8. The number of halogens is 3. The van der Waals surface area contributed by atoms with Gasteiger partial charge in [0, 0.05) is 7.11 Å². The second kappa shape index (κ2) is 8.87. The van der Waals surface area contributed by atoms with Gasteiger partial charge in [-0.15, -0.1) is 0 Å². The molecule has 2 aromatic rings. The van der Waals surface area contributed by atoms with Gasteiger partial charge in [0.2, 0.25) is 0 Å². The second-order valence-electron chi connectivity index (χ2n) is 5.72. The molecule has 1 aromatic carbocycles. The van der Waals surface area contributed by atoms with E-state index in [0.717, 1.165) is 10.9 Å². The molecular weight excluding hydrogens is 367 g/mol. The maximum atomic E-state index is 13.5. The van der Waals surface area contributed by atoms with E-state index in [2.05, 4.69) is 10.4 Å². The minimum atomic E-state index is -4.89. The lowest BCUT2D eigenvalue weighted by Crippen LogP contribution is -2.35. The van der Waals surface area contributed by atoms with Crippen LogP contribution in [0.25, 0.3) is 0 Å². The third-order valence-corrected chi connectivity index (χ3v) is 3.77. The Bertz CT molecular complexity index is 807. The molecule has 1 atom stereocenters. The summed E-state index contributed by atoms with van der Waals surface area (Å²) in [5.74, 6) is 0.586. The fourth-order valence-electron chi connectivity index (χ4n) is 2.45. The molecule has 0 aliphatic heterocycles. The number of aromatic nitrogens is 2. The van der Waals surface area contributed by atoms with E-state index in [1.807, 2.05) is 0 Å². The monoisotopic (exact) mass is 387 g/mol. The lowest BCUT2D eigenvalue weighted by Gasteiger charge is -2.20. The topological polar surface area (TPSA) is 85.6 Å². The van der Waals surface area contributed by atoms with E-state index in [1.54, 1.807) is 24.3 Å². The Kier molecular flexibility index (Phi) is 6.81. The van der Waals surface area contributed by atoms with Crippen LogP contribution in [0.15, 0.2) is 35.3 Å². The molecule has 1 aromatic heterocycles. The molecule has 27 heavy (non-hydrogen) atoms. The van der Waals surface area contributed by atoms with Crippen LogP contribution in [0.4, 0.5) is 18.9 Å². The average Bonchev–Trinajstić information content (AvgIpc) is 2.63. The molecule has 7 nitrogen and oxygen atoms in total. The van der Waals surface area contributed by atoms with Gasteiger partial charge in [-0.05, 0) is 17.7 Å². The Morgan fingerprint density at radius 3 is 2.44 bits per heavy atom. The van der Waals surface area contributed by atoms with Crippen molar-refractivity contribution in [1.29, 1.82) is 0 Å². The van der Waals surface area contributed by atoms with E-state index in [1.165, 1.54) is 14.2 Å². The van der Waals surface area contributed by atoms with Crippen molar-refractivity contribution in [2.75, 3.05) is 32.8 Å². The number of nitrogens with one attached hydrogen (secondary N) is 1. The van der Waals surface area contributed by atoms with E-state index in [0.29, 0.717) is 11.3 Å². The van der Waals surface area contributed by atoms with Crippen molar-refractivity contribution in [2.45, 2.75) is 18.8 Å². The number of aliphatic hydroxyl groups is 1. The predicted octanol–water partition coefficient (Wildman–Crippen LogP) is 1.74. The minimum absolute atomic E-state index is 0.0390. The van der Waals surface area contributed by atoms with Crippen LogP contribution in [0.2, 0.25) is 0 Å². The van der Waals surface area contributed by atoms with Crippen molar-refractivity contribution in [3.8, 4) is 5.75 Å². The summed E-state index contributed by atoms with van der Waals surface area (Å²) in [7, 11) is 2.84. The van der Waals surface area contributed by atoms with Crippen molar-refractivity contribution in [3.63, 3.8) is 0 Å². The summed E-state index contributed by atoms with van der Waals surface area (Å²) < 4.78 is 51.0. The fraction of sp³-hybridized carbons (Fsp3) is 0.412. The lowest BCUT2D eigenvalue weighted by molar-refractivity contribution is -0.138. The molecule has 148 valence electrons.